The predicted molar refractivity (Wildman–Crippen MR) is 154 cm³/mol. The summed E-state index contributed by atoms with van der Waals surface area (Å²) in [5.74, 6) is -0.641. The Balaban J connectivity index is 1.14. The molecule has 10 heteroatoms. The average molecular weight is 569 g/mol. The zero-order chi connectivity index (χ0) is 29.9. The van der Waals surface area contributed by atoms with E-state index in [2.05, 4.69) is 22.8 Å². The van der Waals surface area contributed by atoms with Crippen molar-refractivity contribution in [2.75, 3.05) is 13.1 Å². The molecule has 4 amide bonds. The van der Waals surface area contributed by atoms with E-state index in [0.717, 1.165) is 24.0 Å². The number of carbonyl (C=O) groups excluding carboxylic acids is 4. The third-order valence-electron chi connectivity index (χ3n) is 7.70. The molecular formula is C32H36N6O4. The standard InChI is InChI=1S/C32H36N6O4/c33-19-23-9-13-25(14-10-23)21-37-17-3-5-27(31(37)41)35-29(39)7-1-2-8-30(40)36-28-6-4-18-38(32(28)42)22-26-15-11-24(20-34)12-16-26/h9-16,27-28H,1-8,17-18,21-22H2,(H,35,39)(H,36,40). The van der Waals surface area contributed by atoms with Crippen LogP contribution >= 0.6 is 0 Å². The molecule has 2 aromatic carbocycles. The van der Waals surface area contributed by atoms with Crippen molar-refractivity contribution in [1.82, 2.24) is 20.4 Å². The molecule has 0 saturated carbocycles. The summed E-state index contributed by atoms with van der Waals surface area (Å²) in [7, 11) is 0. The van der Waals surface area contributed by atoms with Crippen LogP contribution in [-0.2, 0) is 32.3 Å². The smallest absolute Gasteiger partial charge is 0.245 e. The van der Waals surface area contributed by atoms with Crippen LogP contribution in [0.25, 0.3) is 0 Å². The van der Waals surface area contributed by atoms with E-state index in [1.54, 1.807) is 34.1 Å². The van der Waals surface area contributed by atoms with Crippen molar-refractivity contribution in [2.24, 2.45) is 0 Å². The second kappa shape index (κ2) is 14.8. The van der Waals surface area contributed by atoms with Crippen LogP contribution in [0.15, 0.2) is 48.5 Å². The van der Waals surface area contributed by atoms with Gasteiger partial charge in [0, 0.05) is 39.0 Å². The molecule has 2 heterocycles. The van der Waals surface area contributed by atoms with Crippen LogP contribution in [0.4, 0.5) is 0 Å². The molecule has 2 fully saturated rings. The maximum absolute atomic E-state index is 12.9. The van der Waals surface area contributed by atoms with Crippen molar-refractivity contribution in [1.29, 1.82) is 10.5 Å². The molecule has 2 aliphatic rings. The molecule has 2 unspecified atom stereocenters. The lowest BCUT2D eigenvalue weighted by atomic mass is 10.0. The van der Waals surface area contributed by atoms with Crippen LogP contribution in [0.3, 0.4) is 0 Å². The molecule has 4 rings (SSSR count). The van der Waals surface area contributed by atoms with Crippen LogP contribution in [0.1, 0.15) is 73.6 Å². The van der Waals surface area contributed by atoms with Crippen molar-refractivity contribution >= 4 is 23.6 Å². The number of nitriles is 2. The van der Waals surface area contributed by atoms with E-state index in [9.17, 15) is 19.2 Å². The first-order valence-electron chi connectivity index (χ1n) is 14.5. The molecule has 218 valence electrons. The number of nitrogens with zero attached hydrogens (tertiary/aromatic N) is 4. The highest BCUT2D eigenvalue weighted by molar-refractivity contribution is 5.89. The number of nitrogens with one attached hydrogen (secondary N) is 2. The van der Waals surface area contributed by atoms with Crippen molar-refractivity contribution in [3.63, 3.8) is 0 Å². The second-order valence-corrected chi connectivity index (χ2v) is 10.9. The predicted octanol–water partition coefficient (Wildman–Crippen LogP) is 2.90. The Morgan fingerprint density at radius 3 is 1.43 bits per heavy atom. The van der Waals surface area contributed by atoms with E-state index < -0.39 is 12.1 Å². The average Bonchev–Trinajstić information content (AvgIpc) is 3.00. The summed E-state index contributed by atoms with van der Waals surface area (Å²) in [5, 5.41) is 23.6. The molecule has 10 nitrogen and oxygen atoms in total. The number of piperidine rings is 2. The number of benzene rings is 2. The Labute approximate surface area is 246 Å². The van der Waals surface area contributed by atoms with E-state index in [0.29, 0.717) is 63.0 Å². The van der Waals surface area contributed by atoms with E-state index in [1.165, 1.54) is 0 Å². The molecule has 0 aliphatic carbocycles. The minimum absolute atomic E-state index is 0.108. The summed E-state index contributed by atoms with van der Waals surface area (Å²) < 4.78 is 0. The molecule has 42 heavy (non-hydrogen) atoms. The SMILES string of the molecule is N#Cc1ccc(CN2CCCC(NC(=O)CCCCC(=O)NC3CCCN(Cc4ccc(C#N)cc4)C3=O)C2=O)cc1. The van der Waals surface area contributed by atoms with Crippen LogP contribution in [0.2, 0.25) is 0 Å². The Morgan fingerprint density at radius 1 is 0.690 bits per heavy atom. The van der Waals surface area contributed by atoms with Crippen LogP contribution in [0.5, 0.6) is 0 Å². The van der Waals surface area contributed by atoms with E-state index >= 15 is 0 Å². The normalized spacial score (nSPS) is 18.6. The molecule has 2 aromatic rings. The number of amides is 4. The number of rotatable bonds is 11. The quantitative estimate of drug-likeness (QED) is 0.399. The Morgan fingerprint density at radius 2 is 1.07 bits per heavy atom. The first-order valence-corrected chi connectivity index (χ1v) is 14.5. The zero-order valence-electron chi connectivity index (χ0n) is 23.7. The molecule has 0 spiro atoms. The van der Waals surface area contributed by atoms with E-state index in [1.807, 2.05) is 24.3 Å². The topological polar surface area (TPSA) is 146 Å². The monoisotopic (exact) mass is 568 g/mol. The number of unbranched alkanes of at least 4 members (excludes halogenated alkanes) is 1. The molecule has 0 radical (unpaired) electrons. The summed E-state index contributed by atoms with van der Waals surface area (Å²) in [5.41, 5.74) is 3.00. The lowest BCUT2D eigenvalue weighted by Gasteiger charge is -2.33. The summed E-state index contributed by atoms with van der Waals surface area (Å²) >= 11 is 0. The second-order valence-electron chi connectivity index (χ2n) is 10.9. The summed E-state index contributed by atoms with van der Waals surface area (Å²) in [4.78, 5) is 54.4. The lowest BCUT2D eigenvalue weighted by molar-refractivity contribution is -0.139. The highest BCUT2D eigenvalue weighted by Crippen LogP contribution is 2.18. The maximum Gasteiger partial charge on any atom is 0.245 e. The van der Waals surface area contributed by atoms with Crippen molar-refractivity contribution < 1.29 is 19.2 Å². The van der Waals surface area contributed by atoms with Gasteiger partial charge in [-0.15, -0.1) is 0 Å². The molecule has 2 N–H and O–H groups in total. The van der Waals surface area contributed by atoms with Crippen LogP contribution < -0.4 is 10.6 Å². The summed E-state index contributed by atoms with van der Waals surface area (Å²) in [6.07, 6.45) is 4.19. The molecule has 2 saturated heterocycles. The molecular weight excluding hydrogens is 532 g/mol. The Kier molecular flexibility index (Phi) is 10.7. The number of likely N-dealkylation sites (tertiary alicyclic amines) is 2. The summed E-state index contributed by atoms with van der Waals surface area (Å²) in [6.45, 7) is 2.11. The van der Waals surface area contributed by atoms with E-state index in [-0.39, 0.29) is 36.5 Å². The fourth-order valence-corrected chi connectivity index (χ4v) is 5.38. The van der Waals surface area contributed by atoms with E-state index in [4.69, 9.17) is 10.5 Å². The third kappa shape index (κ3) is 8.40. The minimum atomic E-state index is -0.558. The highest BCUT2D eigenvalue weighted by Gasteiger charge is 2.31. The highest BCUT2D eigenvalue weighted by atomic mass is 16.2. The van der Waals surface area contributed by atoms with Gasteiger partial charge in [0.15, 0.2) is 0 Å². The van der Waals surface area contributed by atoms with Gasteiger partial charge in [-0.05, 0) is 73.9 Å². The molecule has 0 aromatic heterocycles. The Bertz CT molecular complexity index is 1250. The fraction of sp³-hybridized carbons (Fsp3) is 0.438. The first-order chi connectivity index (χ1) is 20.4. The van der Waals surface area contributed by atoms with Crippen molar-refractivity contribution in [3.05, 3.63) is 70.8 Å². The van der Waals surface area contributed by atoms with Gasteiger partial charge >= 0.3 is 0 Å². The van der Waals surface area contributed by atoms with Gasteiger partial charge < -0.3 is 20.4 Å². The zero-order valence-corrected chi connectivity index (χ0v) is 23.7. The van der Waals surface area contributed by atoms with Gasteiger partial charge in [-0.25, -0.2) is 0 Å². The van der Waals surface area contributed by atoms with Gasteiger partial charge in [0.2, 0.25) is 23.6 Å². The van der Waals surface area contributed by atoms with Gasteiger partial charge in [0.1, 0.15) is 12.1 Å². The number of carbonyl (C=O) groups is 4. The summed E-state index contributed by atoms with van der Waals surface area (Å²) in [6, 6.07) is 17.3. The van der Waals surface area contributed by atoms with Crippen LogP contribution in [-0.4, -0.2) is 58.6 Å². The van der Waals surface area contributed by atoms with Gasteiger partial charge in [0.05, 0.1) is 23.3 Å². The van der Waals surface area contributed by atoms with Crippen molar-refractivity contribution in [3.8, 4) is 12.1 Å². The number of hydrogen-bond donors (Lipinski definition) is 2. The fourth-order valence-electron chi connectivity index (χ4n) is 5.38. The Hall–Kier alpha value is -4.70. The first kappa shape index (κ1) is 30.3. The number of hydrogen-bond acceptors (Lipinski definition) is 6. The van der Waals surface area contributed by atoms with Gasteiger partial charge in [-0.2, -0.15) is 10.5 Å². The van der Waals surface area contributed by atoms with Crippen molar-refractivity contribution in [2.45, 2.75) is 76.5 Å². The maximum atomic E-state index is 12.9. The lowest BCUT2D eigenvalue weighted by Crippen LogP contribution is -2.52. The minimum Gasteiger partial charge on any atom is -0.344 e. The van der Waals surface area contributed by atoms with Gasteiger partial charge in [-0.3, -0.25) is 19.2 Å². The molecule has 2 atom stereocenters. The van der Waals surface area contributed by atoms with Gasteiger partial charge in [-0.1, -0.05) is 24.3 Å². The molecule has 2 aliphatic heterocycles. The van der Waals surface area contributed by atoms with Gasteiger partial charge in [0.25, 0.3) is 0 Å². The third-order valence-corrected chi connectivity index (χ3v) is 7.70. The largest absolute Gasteiger partial charge is 0.344 e. The van der Waals surface area contributed by atoms with Crippen LogP contribution in [0, 0.1) is 22.7 Å². The molecule has 0 bridgehead atoms.